The Balaban J connectivity index is 2.67. The third-order valence-corrected chi connectivity index (χ3v) is 9.55. The first-order valence-electron chi connectivity index (χ1n) is 16.7. The molecule has 3 atom stereocenters. The van der Waals surface area contributed by atoms with Crippen molar-refractivity contribution in [2.75, 3.05) is 12.4 Å². The van der Waals surface area contributed by atoms with Gasteiger partial charge in [0.2, 0.25) is 8.46 Å². The Labute approximate surface area is 262 Å². The summed E-state index contributed by atoms with van der Waals surface area (Å²) in [6.45, 7) is 8.58. The number of ether oxygens (including phenoxy) is 2. The van der Waals surface area contributed by atoms with Crippen molar-refractivity contribution < 1.29 is 28.6 Å². The maximum absolute atomic E-state index is 13.1. The molecule has 0 saturated heterocycles. The molecule has 0 aliphatic carbocycles. The quantitative estimate of drug-likeness (QED) is 0.0219. The molecule has 3 unspecified atom stereocenters. The molecule has 0 aliphatic rings. The minimum atomic E-state index is -2.15. The maximum atomic E-state index is 13.1. The molecule has 0 aromatic heterocycles. The van der Waals surface area contributed by atoms with E-state index in [1.54, 1.807) is 0 Å². The first kappa shape index (κ1) is 39.0. The molecule has 242 valence electrons. The van der Waals surface area contributed by atoms with E-state index >= 15 is 0 Å². The highest BCUT2D eigenvalue weighted by molar-refractivity contribution is 7.99. The van der Waals surface area contributed by atoms with E-state index in [1.807, 2.05) is 55.9 Å². The molecule has 0 aliphatic heterocycles. The Morgan fingerprint density at radius 2 is 1.38 bits per heavy atom. The highest BCUT2D eigenvalue weighted by atomic mass is 32.2. The van der Waals surface area contributed by atoms with Crippen LogP contribution in [0.5, 0.6) is 0 Å². The first-order valence-corrected chi connectivity index (χ1v) is 18.5. The van der Waals surface area contributed by atoms with Crippen LogP contribution in [0.25, 0.3) is 0 Å². The fourth-order valence-electron chi connectivity index (χ4n) is 4.68. The Bertz CT molecular complexity index is 783. The second-order valence-corrected chi connectivity index (χ2v) is 13.4. The number of rotatable bonds is 29. The molecule has 0 N–H and O–H groups in total. The number of carbonyl (C=O) groups excluding carboxylic acids is 1. The molecular weight excluding hydrogens is 567 g/mol. The van der Waals surface area contributed by atoms with Crippen molar-refractivity contribution in [3.63, 3.8) is 0 Å². The second kappa shape index (κ2) is 26.4. The minimum Gasteiger partial charge on any atom is -0.456 e. The van der Waals surface area contributed by atoms with Crippen molar-refractivity contribution in [2.45, 2.75) is 160 Å². The van der Waals surface area contributed by atoms with Gasteiger partial charge in [0.25, 0.3) is 0 Å². The average Bonchev–Trinajstić information content (AvgIpc) is 3.02. The van der Waals surface area contributed by atoms with E-state index in [2.05, 4.69) is 13.8 Å². The molecule has 8 heteroatoms. The largest absolute Gasteiger partial charge is 0.456 e. The summed E-state index contributed by atoms with van der Waals surface area (Å²) in [6.07, 6.45) is 20.5. The van der Waals surface area contributed by atoms with Crippen molar-refractivity contribution in [3.05, 3.63) is 35.9 Å². The van der Waals surface area contributed by atoms with Crippen molar-refractivity contribution >= 4 is 26.2 Å². The number of esters is 1. The number of thioether (sulfide) groups is 1. The van der Waals surface area contributed by atoms with Gasteiger partial charge >= 0.3 is 11.5 Å². The predicted octanol–water partition coefficient (Wildman–Crippen LogP) is 10.8. The minimum absolute atomic E-state index is 0.0284. The fourth-order valence-corrected chi connectivity index (χ4v) is 6.36. The summed E-state index contributed by atoms with van der Waals surface area (Å²) in [5.41, 5.74) is -1.33. The van der Waals surface area contributed by atoms with Crippen LogP contribution in [0.15, 0.2) is 30.3 Å². The zero-order valence-electron chi connectivity index (χ0n) is 27.0. The smallest absolute Gasteiger partial charge is 0.383 e. The van der Waals surface area contributed by atoms with Crippen LogP contribution in [-0.2, 0) is 35.2 Å². The van der Waals surface area contributed by atoms with Crippen LogP contribution in [0.1, 0.15) is 142 Å². The average molecular weight is 627 g/mol. The number of benzene rings is 1. The molecule has 0 saturated carbocycles. The maximum Gasteiger partial charge on any atom is 0.383 e. The lowest BCUT2D eigenvalue weighted by atomic mass is 10.1. The van der Waals surface area contributed by atoms with Gasteiger partial charge in [-0.25, -0.2) is 9.68 Å². The molecule has 1 aromatic carbocycles. The predicted molar refractivity (Wildman–Crippen MR) is 176 cm³/mol. The van der Waals surface area contributed by atoms with Crippen LogP contribution in [0.3, 0.4) is 0 Å². The molecule has 0 heterocycles. The zero-order valence-corrected chi connectivity index (χ0v) is 28.7. The van der Waals surface area contributed by atoms with E-state index in [9.17, 15) is 9.36 Å². The summed E-state index contributed by atoms with van der Waals surface area (Å²) in [5, 5.41) is 0.206. The van der Waals surface area contributed by atoms with E-state index in [1.165, 1.54) is 89.9 Å². The van der Waals surface area contributed by atoms with E-state index in [0.717, 1.165) is 24.2 Å². The number of hydrogen-bond donors (Lipinski definition) is 0. The van der Waals surface area contributed by atoms with Crippen molar-refractivity contribution in [1.29, 1.82) is 0 Å². The van der Waals surface area contributed by atoms with Crippen molar-refractivity contribution in [3.8, 4) is 0 Å². The summed E-state index contributed by atoms with van der Waals surface area (Å²) >= 11 is 1.92. The van der Waals surface area contributed by atoms with Crippen LogP contribution >= 0.6 is 20.2 Å². The lowest BCUT2D eigenvalue weighted by Gasteiger charge is -2.28. The van der Waals surface area contributed by atoms with Gasteiger partial charge in [-0.2, -0.15) is 16.6 Å². The van der Waals surface area contributed by atoms with Crippen LogP contribution in [0, 0.1) is 0 Å². The van der Waals surface area contributed by atoms with Gasteiger partial charge in [0.1, 0.15) is 12.7 Å². The zero-order chi connectivity index (χ0) is 30.7. The lowest BCUT2D eigenvalue weighted by molar-refractivity contribution is -0.403. The fraction of sp³-hybridized carbons (Fsp3) is 0.794. The molecule has 1 rings (SSSR count). The second-order valence-electron chi connectivity index (χ2n) is 11.3. The molecule has 0 fully saturated rings. The third-order valence-electron chi connectivity index (χ3n) is 7.35. The van der Waals surface area contributed by atoms with Gasteiger partial charge in [-0.05, 0) is 37.5 Å². The summed E-state index contributed by atoms with van der Waals surface area (Å²) in [4.78, 5) is 24.5. The van der Waals surface area contributed by atoms with Gasteiger partial charge in [0.15, 0.2) is 0 Å². The number of unbranched alkanes of at least 4 members (excludes halogenated alkanes) is 13. The molecule has 1 aromatic rings. The summed E-state index contributed by atoms with van der Waals surface area (Å²) in [5.74, 6) is 0.207. The monoisotopic (exact) mass is 626 g/mol. The van der Waals surface area contributed by atoms with Gasteiger partial charge in [-0.3, -0.25) is 4.57 Å². The molecule has 0 spiro atoms. The van der Waals surface area contributed by atoms with E-state index < -0.39 is 20.0 Å². The van der Waals surface area contributed by atoms with Crippen LogP contribution in [-0.4, -0.2) is 35.2 Å². The molecule has 42 heavy (non-hydrogen) atoms. The highest BCUT2D eigenvalue weighted by Gasteiger charge is 2.47. The normalized spacial score (nSPS) is 14.5. The van der Waals surface area contributed by atoms with E-state index in [0.29, 0.717) is 6.42 Å². The SMILES string of the molecule is CCCCCCCCCCCSC(CCCCCCCC)C(C)OOC(OCCC)(P=O)C(=O)OCc1ccccc1. The van der Waals surface area contributed by atoms with Gasteiger partial charge in [0.05, 0.1) is 6.61 Å². The molecule has 0 bridgehead atoms. The Morgan fingerprint density at radius 1 is 0.810 bits per heavy atom. The molecular formula is C34H59O6PS. The van der Waals surface area contributed by atoms with Crippen LogP contribution < -0.4 is 0 Å². The van der Waals surface area contributed by atoms with E-state index in [4.69, 9.17) is 19.2 Å². The molecule has 0 radical (unpaired) electrons. The Morgan fingerprint density at radius 3 is 1.95 bits per heavy atom. The summed E-state index contributed by atoms with van der Waals surface area (Å²) in [6, 6.07) is 9.34. The topological polar surface area (TPSA) is 71.1 Å². The first-order chi connectivity index (χ1) is 20.5. The molecule has 6 nitrogen and oxygen atoms in total. The number of carbonyl (C=O) groups is 1. The van der Waals surface area contributed by atoms with Gasteiger partial charge in [-0.1, -0.05) is 141 Å². The van der Waals surface area contributed by atoms with Gasteiger partial charge < -0.3 is 9.47 Å². The van der Waals surface area contributed by atoms with E-state index in [-0.39, 0.29) is 24.6 Å². The van der Waals surface area contributed by atoms with Crippen molar-refractivity contribution in [2.24, 2.45) is 0 Å². The third kappa shape index (κ3) is 18.0. The Kier molecular flexibility index (Phi) is 24.6. The number of hydrogen-bond acceptors (Lipinski definition) is 7. The summed E-state index contributed by atoms with van der Waals surface area (Å²) in [7, 11) is -0.656. The highest BCUT2D eigenvalue weighted by Crippen LogP contribution is 2.32. The lowest BCUT2D eigenvalue weighted by Crippen LogP contribution is -2.42. The Hall–Kier alpha value is -0.980. The molecule has 0 amide bonds. The van der Waals surface area contributed by atoms with Crippen LogP contribution in [0.2, 0.25) is 0 Å². The standard InChI is InChI=1S/C34H59O6PS/c1-5-8-10-12-14-15-16-18-23-28-42-32(26-22-17-13-11-9-6-2)30(4)39-40-34(41-36,38-27-7-3)33(35)37-29-31-24-20-19-21-25-31/h19-21,24-25,30,32H,5-18,22-23,26-29H2,1-4H3. The van der Waals surface area contributed by atoms with Gasteiger partial charge in [0, 0.05) is 5.25 Å². The van der Waals surface area contributed by atoms with Gasteiger partial charge in [-0.15, -0.1) is 0 Å². The van der Waals surface area contributed by atoms with Crippen LogP contribution in [0.4, 0.5) is 0 Å². The summed E-state index contributed by atoms with van der Waals surface area (Å²) < 4.78 is 23.4. The van der Waals surface area contributed by atoms with Crippen molar-refractivity contribution in [1.82, 2.24) is 0 Å².